The Kier molecular flexibility index (Phi) is 4.33. The van der Waals surface area contributed by atoms with Gasteiger partial charge in [0.1, 0.15) is 12.2 Å². The van der Waals surface area contributed by atoms with E-state index in [1.54, 1.807) is 6.33 Å². The van der Waals surface area contributed by atoms with Gasteiger partial charge in [0, 0.05) is 18.1 Å². The third kappa shape index (κ3) is 3.09. The van der Waals surface area contributed by atoms with Crippen LogP contribution < -0.4 is 5.32 Å². The zero-order chi connectivity index (χ0) is 13.0. The molecule has 2 rings (SSSR count). The number of aryl methyl sites for hydroxylation is 2. The van der Waals surface area contributed by atoms with E-state index in [0.717, 1.165) is 29.5 Å². The van der Waals surface area contributed by atoms with Gasteiger partial charge in [-0.25, -0.2) is 0 Å². The summed E-state index contributed by atoms with van der Waals surface area (Å²) in [5, 5.41) is 12.1. The molecule has 96 valence electrons. The molecular weight excluding hydrogens is 248 g/mol. The molecule has 0 unspecified atom stereocenters. The summed E-state index contributed by atoms with van der Waals surface area (Å²) in [6.07, 6.45) is 1.75. The molecule has 0 atom stereocenters. The molecule has 0 saturated heterocycles. The molecule has 1 aromatic carbocycles. The van der Waals surface area contributed by atoms with Gasteiger partial charge in [-0.1, -0.05) is 23.7 Å². The van der Waals surface area contributed by atoms with Gasteiger partial charge in [0.05, 0.1) is 6.54 Å². The molecule has 4 nitrogen and oxygen atoms in total. The monoisotopic (exact) mass is 264 g/mol. The summed E-state index contributed by atoms with van der Waals surface area (Å²) in [6.45, 7) is 6.45. The van der Waals surface area contributed by atoms with Crippen molar-refractivity contribution in [2.24, 2.45) is 0 Å². The Balaban J connectivity index is 1.90. The summed E-state index contributed by atoms with van der Waals surface area (Å²) in [4.78, 5) is 0. The number of aromatic nitrogens is 3. The Morgan fingerprint density at radius 1 is 1.33 bits per heavy atom. The highest BCUT2D eigenvalue weighted by molar-refractivity contribution is 6.31. The first-order valence-electron chi connectivity index (χ1n) is 6.03. The predicted octanol–water partition coefficient (Wildman–Crippen LogP) is 2.55. The van der Waals surface area contributed by atoms with E-state index in [1.807, 2.05) is 23.6 Å². The molecule has 0 amide bonds. The third-order valence-electron chi connectivity index (χ3n) is 2.88. The summed E-state index contributed by atoms with van der Waals surface area (Å²) in [7, 11) is 0. The second kappa shape index (κ2) is 5.98. The lowest BCUT2D eigenvalue weighted by atomic mass is 10.1. The third-order valence-corrected chi connectivity index (χ3v) is 3.29. The highest BCUT2D eigenvalue weighted by Gasteiger charge is 2.02. The van der Waals surface area contributed by atoms with E-state index in [-0.39, 0.29) is 0 Å². The van der Waals surface area contributed by atoms with Gasteiger partial charge >= 0.3 is 0 Å². The quantitative estimate of drug-likeness (QED) is 0.903. The maximum atomic E-state index is 6.09. The second-order valence-corrected chi connectivity index (χ2v) is 4.63. The van der Waals surface area contributed by atoms with Crippen LogP contribution in [0.4, 0.5) is 0 Å². The normalized spacial score (nSPS) is 10.8. The van der Waals surface area contributed by atoms with E-state index in [9.17, 15) is 0 Å². The van der Waals surface area contributed by atoms with Crippen LogP contribution in [0.1, 0.15) is 23.9 Å². The van der Waals surface area contributed by atoms with Crippen LogP contribution in [0.2, 0.25) is 5.02 Å². The molecule has 1 aromatic heterocycles. The lowest BCUT2D eigenvalue weighted by molar-refractivity contribution is 0.612. The minimum atomic E-state index is 0.708. The first-order valence-corrected chi connectivity index (χ1v) is 6.41. The molecule has 0 aliphatic rings. The Morgan fingerprint density at radius 3 is 2.89 bits per heavy atom. The van der Waals surface area contributed by atoms with Gasteiger partial charge in [-0.2, -0.15) is 0 Å². The molecule has 0 bridgehead atoms. The highest BCUT2D eigenvalue weighted by atomic mass is 35.5. The molecule has 18 heavy (non-hydrogen) atoms. The summed E-state index contributed by atoms with van der Waals surface area (Å²) < 4.78 is 2.02. The van der Waals surface area contributed by atoms with Gasteiger partial charge in [-0.3, -0.25) is 0 Å². The lowest BCUT2D eigenvalue weighted by Crippen LogP contribution is -2.16. The van der Waals surface area contributed by atoms with Crippen LogP contribution in [0, 0.1) is 6.92 Å². The van der Waals surface area contributed by atoms with Gasteiger partial charge in [-0.05, 0) is 31.0 Å². The average Bonchev–Trinajstić information content (AvgIpc) is 2.81. The zero-order valence-electron chi connectivity index (χ0n) is 10.7. The van der Waals surface area contributed by atoms with E-state index in [4.69, 9.17) is 11.6 Å². The van der Waals surface area contributed by atoms with Crippen molar-refractivity contribution in [3.05, 3.63) is 46.5 Å². The zero-order valence-corrected chi connectivity index (χ0v) is 11.4. The number of benzene rings is 1. The van der Waals surface area contributed by atoms with Gasteiger partial charge in [0.25, 0.3) is 0 Å². The smallest absolute Gasteiger partial charge is 0.146 e. The Bertz CT molecular complexity index is 521. The van der Waals surface area contributed by atoms with Crippen LogP contribution in [0.15, 0.2) is 24.5 Å². The van der Waals surface area contributed by atoms with Gasteiger partial charge in [0.2, 0.25) is 0 Å². The Morgan fingerprint density at radius 2 is 2.17 bits per heavy atom. The summed E-state index contributed by atoms with van der Waals surface area (Å²) in [5.41, 5.74) is 2.28. The van der Waals surface area contributed by atoms with E-state index >= 15 is 0 Å². The molecule has 0 radical (unpaired) electrons. The molecule has 2 aromatic rings. The molecule has 0 saturated carbocycles. The van der Waals surface area contributed by atoms with Crippen molar-refractivity contribution in [3.63, 3.8) is 0 Å². The van der Waals surface area contributed by atoms with Crippen molar-refractivity contribution in [1.82, 2.24) is 20.1 Å². The fraction of sp³-hybridized carbons (Fsp3) is 0.385. The van der Waals surface area contributed by atoms with Gasteiger partial charge in [-0.15, -0.1) is 10.2 Å². The second-order valence-electron chi connectivity index (χ2n) is 4.22. The number of rotatable bonds is 5. The number of hydrogen-bond donors (Lipinski definition) is 1. The molecule has 1 N–H and O–H groups in total. The molecule has 1 heterocycles. The SMILES string of the molecule is CCn1cnnc1CNCc1ccc(C)c(Cl)c1. The number of hydrogen-bond acceptors (Lipinski definition) is 3. The Labute approximate surface area is 112 Å². The topological polar surface area (TPSA) is 42.7 Å². The fourth-order valence-electron chi connectivity index (χ4n) is 1.74. The van der Waals surface area contributed by atoms with Gasteiger partial charge in [0.15, 0.2) is 0 Å². The van der Waals surface area contributed by atoms with Crippen molar-refractivity contribution < 1.29 is 0 Å². The van der Waals surface area contributed by atoms with Crippen LogP contribution in [0.5, 0.6) is 0 Å². The number of nitrogens with one attached hydrogen (secondary N) is 1. The highest BCUT2D eigenvalue weighted by Crippen LogP contribution is 2.16. The Hall–Kier alpha value is -1.39. The van der Waals surface area contributed by atoms with Crippen LogP contribution in [0.25, 0.3) is 0 Å². The maximum Gasteiger partial charge on any atom is 0.146 e. The standard InChI is InChI=1S/C13H17ClN4/c1-3-18-9-16-17-13(18)8-15-7-11-5-4-10(2)12(14)6-11/h4-6,9,15H,3,7-8H2,1-2H3. The van der Waals surface area contributed by atoms with E-state index < -0.39 is 0 Å². The lowest BCUT2D eigenvalue weighted by Gasteiger charge is -2.07. The van der Waals surface area contributed by atoms with Crippen molar-refractivity contribution in [1.29, 1.82) is 0 Å². The fourth-order valence-corrected chi connectivity index (χ4v) is 1.95. The van der Waals surface area contributed by atoms with Crippen LogP contribution in [-0.2, 0) is 19.6 Å². The average molecular weight is 265 g/mol. The number of halogens is 1. The van der Waals surface area contributed by atoms with E-state index in [0.29, 0.717) is 6.54 Å². The van der Waals surface area contributed by atoms with Crippen molar-refractivity contribution in [2.45, 2.75) is 33.5 Å². The van der Waals surface area contributed by atoms with Crippen LogP contribution in [0.3, 0.4) is 0 Å². The summed E-state index contributed by atoms with van der Waals surface area (Å²) in [6, 6.07) is 6.11. The maximum absolute atomic E-state index is 6.09. The minimum absolute atomic E-state index is 0.708. The van der Waals surface area contributed by atoms with Crippen LogP contribution in [-0.4, -0.2) is 14.8 Å². The molecule has 5 heteroatoms. The van der Waals surface area contributed by atoms with Crippen molar-refractivity contribution in [2.75, 3.05) is 0 Å². The minimum Gasteiger partial charge on any atom is -0.317 e. The van der Waals surface area contributed by atoms with E-state index in [1.165, 1.54) is 5.56 Å². The molecule has 0 aliphatic carbocycles. The van der Waals surface area contributed by atoms with Gasteiger partial charge < -0.3 is 9.88 Å². The first-order chi connectivity index (χ1) is 8.70. The predicted molar refractivity (Wildman–Crippen MR) is 72.4 cm³/mol. The van der Waals surface area contributed by atoms with Crippen molar-refractivity contribution >= 4 is 11.6 Å². The first kappa shape index (κ1) is 13.1. The van der Waals surface area contributed by atoms with Crippen molar-refractivity contribution in [3.8, 4) is 0 Å². The summed E-state index contributed by atoms with van der Waals surface area (Å²) in [5.74, 6) is 0.954. The molecular formula is C13H17ClN4. The number of nitrogens with zero attached hydrogens (tertiary/aromatic N) is 3. The molecule has 0 spiro atoms. The molecule has 0 fully saturated rings. The molecule has 0 aliphatic heterocycles. The largest absolute Gasteiger partial charge is 0.317 e. The summed E-state index contributed by atoms with van der Waals surface area (Å²) >= 11 is 6.09. The van der Waals surface area contributed by atoms with E-state index in [2.05, 4.69) is 28.5 Å². The van der Waals surface area contributed by atoms with Crippen LogP contribution >= 0.6 is 11.6 Å².